The molecule has 0 spiro atoms. The number of aromatic nitrogens is 5. The number of rotatable bonds is 7. The van der Waals surface area contributed by atoms with E-state index in [9.17, 15) is 5.11 Å². The average Bonchev–Trinajstić information content (AvgIpc) is 3.13. The highest BCUT2D eigenvalue weighted by Gasteiger charge is 2.10. The van der Waals surface area contributed by atoms with Crippen molar-refractivity contribution in [1.29, 1.82) is 0 Å². The molecule has 3 aromatic rings. The molecule has 116 valence electrons. The maximum Gasteiger partial charge on any atom is 0.203 e. The van der Waals surface area contributed by atoms with Gasteiger partial charge >= 0.3 is 0 Å². The quantitative estimate of drug-likeness (QED) is 0.691. The molecule has 2 aromatic heterocycles. The highest BCUT2D eigenvalue weighted by atomic mass is 16.3. The van der Waals surface area contributed by atoms with Gasteiger partial charge in [-0.25, -0.2) is 9.97 Å². The van der Waals surface area contributed by atoms with Crippen molar-refractivity contribution < 1.29 is 5.11 Å². The zero-order valence-electron chi connectivity index (χ0n) is 12.6. The largest absolute Gasteiger partial charge is 0.392 e. The molecular weight excluding hydrogens is 280 g/mol. The number of hydrogen-bond donors (Lipinski definition) is 2. The van der Waals surface area contributed by atoms with Gasteiger partial charge in [-0.2, -0.15) is 5.10 Å². The van der Waals surface area contributed by atoms with Gasteiger partial charge in [0.1, 0.15) is 12.7 Å². The van der Waals surface area contributed by atoms with Crippen LogP contribution in [-0.2, 0) is 13.1 Å². The zero-order chi connectivity index (χ0) is 15.4. The highest BCUT2D eigenvalue weighted by molar-refractivity contribution is 5.78. The first kappa shape index (κ1) is 14.5. The fourth-order valence-corrected chi connectivity index (χ4v) is 2.41. The fourth-order valence-electron chi connectivity index (χ4n) is 2.41. The second-order valence-electron chi connectivity index (χ2n) is 5.32. The average molecular weight is 300 g/mol. The van der Waals surface area contributed by atoms with E-state index in [4.69, 9.17) is 0 Å². The summed E-state index contributed by atoms with van der Waals surface area (Å²) < 4.78 is 3.97. The Balaban J connectivity index is 1.77. The number of aliphatic hydroxyl groups excluding tert-OH is 1. The van der Waals surface area contributed by atoms with Crippen molar-refractivity contribution in [2.75, 3.05) is 11.9 Å². The van der Waals surface area contributed by atoms with E-state index in [1.54, 1.807) is 19.6 Å². The molecule has 0 aliphatic rings. The number of hydrogen-bond acceptors (Lipinski definition) is 5. The molecule has 0 radical (unpaired) electrons. The Labute approximate surface area is 128 Å². The van der Waals surface area contributed by atoms with Crippen LogP contribution in [0, 0.1) is 0 Å². The van der Waals surface area contributed by atoms with Gasteiger partial charge in [0.15, 0.2) is 0 Å². The van der Waals surface area contributed by atoms with Gasteiger partial charge in [0.05, 0.1) is 17.1 Å². The number of anilines is 1. The number of benzene rings is 1. The van der Waals surface area contributed by atoms with Crippen LogP contribution in [0.5, 0.6) is 0 Å². The molecule has 0 aliphatic carbocycles. The second kappa shape index (κ2) is 6.57. The first-order valence-electron chi connectivity index (χ1n) is 7.43. The summed E-state index contributed by atoms with van der Waals surface area (Å²) in [6.07, 6.45) is 3.77. The van der Waals surface area contributed by atoms with Crippen molar-refractivity contribution in [3.05, 3.63) is 36.9 Å². The van der Waals surface area contributed by atoms with E-state index in [-0.39, 0.29) is 0 Å². The smallest absolute Gasteiger partial charge is 0.203 e. The Morgan fingerprint density at radius 2 is 2.14 bits per heavy atom. The molecule has 1 aromatic carbocycles. The van der Waals surface area contributed by atoms with E-state index in [1.165, 1.54) is 0 Å². The number of para-hydroxylation sites is 2. The second-order valence-corrected chi connectivity index (χ2v) is 5.32. The third-order valence-corrected chi connectivity index (χ3v) is 3.45. The first-order chi connectivity index (χ1) is 10.7. The first-order valence-corrected chi connectivity index (χ1v) is 7.43. The summed E-state index contributed by atoms with van der Waals surface area (Å²) in [4.78, 5) is 8.55. The zero-order valence-corrected chi connectivity index (χ0v) is 12.6. The molecule has 22 heavy (non-hydrogen) atoms. The summed E-state index contributed by atoms with van der Waals surface area (Å²) in [7, 11) is 0. The van der Waals surface area contributed by atoms with Crippen LogP contribution >= 0.6 is 0 Å². The maximum absolute atomic E-state index is 9.46. The molecular formula is C15H20N6O. The molecule has 2 heterocycles. The van der Waals surface area contributed by atoms with Gasteiger partial charge in [-0.05, 0) is 25.5 Å². The Kier molecular flexibility index (Phi) is 4.34. The minimum Gasteiger partial charge on any atom is -0.392 e. The van der Waals surface area contributed by atoms with Crippen LogP contribution in [0.15, 0.2) is 36.9 Å². The Morgan fingerprint density at radius 3 is 2.91 bits per heavy atom. The lowest BCUT2D eigenvalue weighted by Gasteiger charge is -2.12. The van der Waals surface area contributed by atoms with Crippen LogP contribution in [0.2, 0.25) is 0 Å². The monoisotopic (exact) mass is 300 g/mol. The SMILES string of the molecule is C[C@@H](O)CNc1nc2ccccc2n1CCCn1cncn1. The molecule has 0 aliphatic heterocycles. The Bertz CT molecular complexity index is 719. The van der Waals surface area contributed by atoms with Crippen molar-refractivity contribution in [3.8, 4) is 0 Å². The van der Waals surface area contributed by atoms with Crippen LogP contribution in [0.4, 0.5) is 5.95 Å². The van der Waals surface area contributed by atoms with Gasteiger partial charge in [0, 0.05) is 19.6 Å². The van der Waals surface area contributed by atoms with E-state index in [0.29, 0.717) is 6.54 Å². The van der Waals surface area contributed by atoms with Crippen molar-refractivity contribution in [2.45, 2.75) is 32.5 Å². The van der Waals surface area contributed by atoms with Gasteiger partial charge in [-0.15, -0.1) is 0 Å². The maximum atomic E-state index is 9.46. The van der Waals surface area contributed by atoms with E-state index in [0.717, 1.165) is 36.5 Å². The summed E-state index contributed by atoms with van der Waals surface area (Å²) in [6, 6.07) is 8.05. The summed E-state index contributed by atoms with van der Waals surface area (Å²) in [5, 5.41) is 16.8. The van der Waals surface area contributed by atoms with Crippen LogP contribution in [-0.4, -0.2) is 42.1 Å². The van der Waals surface area contributed by atoms with E-state index in [2.05, 4.69) is 31.0 Å². The molecule has 1 atom stereocenters. The van der Waals surface area contributed by atoms with Crippen LogP contribution < -0.4 is 5.32 Å². The summed E-state index contributed by atoms with van der Waals surface area (Å²) >= 11 is 0. The topological polar surface area (TPSA) is 80.8 Å². The fraction of sp³-hybridized carbons (Fsp3) is 0.400. The van der Waals surface area contributed by atoms with Crippen molar-refractivity contribution >= 4 is 17.0 Å². The number of aryl methyl sites for hydroxylation is 2. The molecule has 7 nitrogen and oxygen atoms in total. The standard InChI is InChI=1S/C15H20N6O/c1-12(22)9-17-15-19-13-5-2-3-6-14(13)21(15)8-4-7-20-11-16-10-18-20/h2-3,5-6,10-12,22H,4,7-9H2,1H3,(H,17,19)/t12-/m1/s1. The van der Waals surface area contributed by atoms with E-state index < -0.39 is 6.10 Å². The van der Waals surface area contributed by atoms with Crippen molar-refractivity contribution in [1.82, 2.24) is 24.3 Å². The number of nitrogens with one attached hydrogen (secondary N) is 1. The Hall–Kier alpha value is -2.41. The molecule has 3 rings (SSSR count). The molecule has 0 amide bonds. The normalized spacial score (nSPS) is 12.6. The molecule has 0 bridgehead atoms. The van der Waals surface area contributed by atoms with Crippen LogP contribution in [0.25, 0.3) is 11.0 Å². The third-order valence-electron chi connectivity index (χ3n) is 3.45. The van der Waals surface area contributed by atoms with Gasteiger partial charge < -0.3 is 15.0 Å². The lowest BCUT2D eigenvalue weighted by atomic mass is 10.3. The predicted molar refractivity (Wildman–Crippen MR) is 84.5 cm³/mol. The lowest BCUT2D eigenvalue weighted by molar-refractivity contribution is 0.208. The van der Waals surface area contributed by atoms with Crippen LogP contribution in [0.3, 0.4) is 0 Å². The molecule has 0 saturated heterocycles. The third kappa shape index (κ3) is 3.25. The molecule has 7 heteroatoms. The molecule has 0 fully saturated rings. The van der Waals surface area contributed by atoms with E-state index in [1.807, 2.05) is 22.9 Å². The van der Waals surface area contributed by atoms with Gasteiger partial charge in [0.2, 0.25) is 5.95 Å². The predicted octanol–water partition coefficient (Wildman–Crippen LogP) is 1.51. The summed E-state index contributed by atoms with van der Waals surface area (Å²) in [6.45, 7) is 3.86. The summed E-state index contributed by atoms with van der Waals surface area (Å²) in [5.41, 5.74) is 2.05. The molecule has 0 saturated carbocycles. The molecule has 2 N–H and O–H groups in total. The molecule has 0 unspecified atom stereocenters. The van der Waals surface area contributed by atoms with E-state index >= 15 is 0 Å². The van der Waals surface area contributed by atoms with Gasteiger partial charge in [0.25, 0.3) is 0 Å². The number of fused-ring (bicyclic) bond motifs is 1. The lowest BCUT2D eigenvalue weighted by Crippen LogP contribution is -2.18. The number of nitrogens with zero attached hydrogens (tertiary/aromatic N) is 5. The number of aliphatic hydroxyl groups is 1. The minimum absolute atomic E-state index is 0.414. The number of imidazole rings is 1. The minimum atomic E-state index is -0.414. The summed E-state index contributed by atoms with van der Waals surface area (Å²) in [5.74, 6) is 0.792. The Morgan fingerprint density at radius 1 is 1.27 bits per heavy atom. The van der Waals surface area contributed by atoms with Gasteiger partial charge in [-0.1, -0.05) is 12.1 Å². The van der Waals surface area contributed by atoms with Crippen molar-refractivity contribution in [2.24, 2.45) is 0 Å². The van der Waals surface area contributed by atoms with Crippen molar-refractivity contribution in [3.63, 3.8) is 0 Å². The highest BCUT2D eigenvalue weighted by Crippen LogP contribution is 2.20. The van der Waals surface area contributed by atoms with Crippen LogP contribution in [0.1, 0.15) is 13.3 Å². The van der Waals surface area contributed by atoms with Gasteiger partial charge in [-0.3, -0.25) is 4.68 Å².